The van der Waals surface area contributed by atoms with Crippen LogP contribution >= 0.6 is 0 Å². The molecule has 0 spiro atoms. The van der Waals surface area contributed by atoms with Crippen molar-refractivity contribution in [1.29, 1.82) is 0 Å². The van der Waals surface area contributed by atoms with Crippen molar-refractivity contribution < 1.29 is 4.39 Å². The Morgan fingerprint density at radius 1 is 1.11 bits per heavy atom. The van der Waals surface area contributed by atoms with Crippen LogP contribution in [-0.2, 0) is 6.42 Å². The molecule has 0 aromatic heterocycles. The van der Waals surface area contributed by atoms with Gasteiger partial charge in [0.1, 0.15) is 5.82 Å². The topological polar surface area (TPSA) is 38.0 Å². The number of benzene rings is 2. The molecule has 100 valence electrons. The summed E-state index contributed by atoms with van der Waals surface area (Å²) in [5.74, 6) is -0.209. The molecule has 0 aliphatic carbocycles. The molecule has 0 atom stereocenters. The summed E-state index contributed by atoms with van der Waals surface area (Å²) in [6.45, 7) is 4.57. The maximum Gasteiger partial charge on any atom is 0.128 e. The number of nitrogens with two attached hydrogens (primary N) is 1. The Morgan fingerprint density at radius 3 is 2.58 bits per heavy atom. The van der Waals surface area contributed by atoms with Crippen molar-refractivity contribution in [3.05, 3.63) is 58.9 Å². The van der Waals surface area contributed by atoms with Gasteiger partial charge in [0.2, 0.25) is 0 Å². The van der Waals surface area contributed by atoms with Crippen molar-refractivity contribution in [2.24, 2.45) is 5.73 Å². The Labute approximate surface area is 113 Å². The van der Waals surface area contributed by atoms with Crippen molar-refractivity contribution in [3.8, 4) is 0 Å². The maximum atomic E-state index is 13.8. The molecule has 0 saturated heterocycles. The van der Waals surface area contributed by atoms with Crippen LogP contribution < -0.4 is 11.1 Å². The van der Waals surface area contributed by atoms with Gasteiger partial charge >= 0.3 is 0 Å². The van der Waals surface area contributed by atoms with Gasteiger partial charge < -0.3 is 11.1 Å². The molecule has 0 heterocycles. The Kier molecular flexibility index (Phi) is 4.17. The largest absolute Gasteiger partial charge is 0.355 e. The second kappa shape index (κ2) is 5.85. The van der Waals surface area contributed by atoms with Gasteiger partial charge in [-0.1, -0.05) is 12.1 Å². The van der Waals surface area contributed by atoms with Crippen LogP contribution in [-0.4, -0.2) is 6.54 Å². The smallest absolute Gasteiger partial charge is 0.128 e. The van der Waals surface area contributed by atoms with Crippen LogP contribution in [0.2, 0.25) is 0 Å². The number of aryl methyl sites for hydroxylation is 2. The van der Waals surface area contributed by atoms with E-state index in [4.69, 9.17) is 5.73 Å². The van der Waals surface area contributed by atoms with E-state index in [9.17, 15) is 4.39 Å². The second-order valence-corrected chi connectivity index (χ2v) is 4.73. The van der Waals surface area contributed by atoms with Crippen LogP contribution in [0.4, 0.5) is 15.8 Å². The summed E-state index contributed by atoms with van der Waals surface area (Å²) < 4.78 is 13.8. The summed E-state index contributed by atoms with van der Waals surface area (Å²) in [5, 5.41) is 3.27. The average Bonchev–Trinajstić information content (AvgIpc) is 2.38. The van der Waals surface area contributed by atoms with Crippen molar-refractivity contribution >= 4 is 11.4 Å². The lowest BCUT2D eigenvalue weighted by Gasteiger charge is -2.13. The van der Waals surface area contributed by atoms with E-state index in [1.54, 1.807) is 6.07 Å². The fraction of sp³-hybridized carbons (Fsp3) is 0.250. The molecule has 0 unspecified atom stereocenters. The highest BCUT2D eigenvalue weighted by molar-refractivity contribution is 5.64. The summed E-state index contributed by atoms with van der Waals surface area (Å²) in [4.78, 5) is 0. The molecular weight excluding hydrogens is 239 g/mol. The van der Waals surface area contributed by atoms with Crippen molar-refractivity contribution in [2.75, 3.05) is 11.9 Å². The quantitative estimate of drug-likeness (QED) is 0.877. The normalized spacial score (nSPS) is 10.5. The molecule has 2 aromatic carbocycles. The minimum Gasteiger partial charge on any atom is -0.355 e. The highest BCUT2D eigenvalue weighted by Crippen LogP contribution is 2.24. The van der Waals surface area contributed by atoms with Crippen LogP contribution in [0, 0.1) is 19.7 Å². The van der Waals surface area contributed by atoms with Crippen LogP contribution in [0.25, 0.3) is 0 Å². The van der Waals surface area contributed by atoms with Gasteiger partial charge in [-0.2, -0.15) is 0 Å². The molecule has 0 aliphatic rings. The summed E-state index contributed by atoms with van der Waals surface area (Å²) >= 11 is 0. The molecule has 0 saturated carbocycles. The predicted octanol–water partition coefficient (Wildman–Crippen LogP) is 3.69. The van der Waals surface area contributed by atoms with Crippen molar-refractivity contribution in [3.63, 3.8) is 0 Å². The van der Waals surface area contributed by atoms with Crippen molar-refractivity contribution in [1.82, 2.24) is 0 Å². The van der Waals surface area contributed by atoms with Gasteiger partial charge in [-0.05, 0) is 62.2 Å². The summed E-state index contributed by atoms with van der Waals surface area (Å²) in [6.07, 6.45) is 0.528. The number of hydrogen-bond donors (Lipinski definition) is 2. The van der Waals surface area contributed by atoms with E-state index in [0.717, 1.165) is 11.4 Å². The number of halogens is 1. The first-order chi connectivity index (χ1) is 9.11. The average molecular weight is 258 g/mol. The first-order valence-corrected chi connectivity index (χ1v) is 6.43. The lowest BCUT2D eigenvalue weighted by molar-refractivity contribution is 0.610. The third-order valence-corrected chi connectivity index (χ3v) is 3.30. The number of nitrogens with one attached hydrogen (secondary N) is 1. The minimum absolute atomic E-state index is 0.209. The molecule has 0 fully saturated rings. The van der Waals surface area contributed by atoms with E-state index >= 15 is 0 Å². The Hall–Kier alpha value is -1.87. The second-order valence-electron chi connectivity index (χ2n) is 4.73. The van der Waals surface area contributed by atoms with Crippen LogP contribution in [0.15, 0.2) is 36.4 Å². The first kappa shape index (κ1) is 13.6. The molecule has 3 heteroatoms. The first-order valence-electron chi connectivity index (χ1n) is 6.43. The number of hydrogen-bond acceptors (Lipinski definition) is 2. The van der Waals surface area contributed by atoms with Gasteiger partial charge in [-0.3, -0.25) is 0 Å². The monoisotopic (exact) mass is 258 g/mol. The zero-order chi connectivity index (χ0) is 13.8. The highest BCUT2D eigenvalue weighted by atomic mass is 19.1. The van der Waals surface area contributed by atoms with Gasteiger partial charge in [0.25, 0.3) is 0 Å². The fourth-order valence-electron chi connectivity index (χ4n) is 2.05. The molecule has 0 amide bonds. The molecule has 2 rings (SSSR count). The lowest BCUT2D eigenvalue weighted by Crippen LogP contribution is -2.07. The standard InChI is InChI=1S/C16H19FN2/c1-11-6-7-13(10-12(11)2)19-16-5-3-4-15(17)14(16)8-9-18/h3-7,10,19H,8-9,18H2,1-2H3. The van der Waals surface area contributed by atoms with Gasteiger partial charge in [-0.25, -0.2) is 4.39 Å². The Balaban J connectivity index is 2.32. The molecule has 0 bridgehead atoms. The van der Waals surface area contributed by atoms with E-state index in [-0.39, 0.29) is 5.82 Å². The van der Waals surface area contributed by atoms with Crippen LogP contribution in [0.1, 0.15) is 16.7 Å². The molecule has 2 aromatic rings. The van der Waals surface area contributed by atoms with Gasteiger partial charge in [0.05, 0.1) is 0 Å². The Bertz CT molecular complexity index is 579. The molecule has 0 aliphatic heterocycles. The third kappa shape index (κ3) is 3.12. The minimum atomic E-state index is -0.209. The summed E-state index contributed by atoms with van der Waals surface area (Å²) in [7, 11) is 0. The van der Waals surface area contributed by atoms with Crippen LogP contribution in [0.5, 0.6) is 0 Å². The Morgan fingerprint density at radius 2 is 1.89 bits per heavy atom. The zero-order valence-corrected chi connectivity index (χ0v) is 11.3. The van der Waals surface area contributed by atoms with E-state index < -0.39 is 0 Å². The van der Waals surface area contributed by atoms with Crippen molar-refractivity contribution in [2.45, 2.75) is 20.3 Å². The van der Waals surface area contributed by atoms with E-state index in [2.05, 4.69) is 31.3 Å². The lowest BCUT2D eigenvalue weighted by atomic mass is 10.1. The predicted molar refractivity (Wildman–Crippen MR) is 78.4 cm³/mol. The van der Waals surface area contributed by atoms with Gasteiger partial charge in [-0.15, -0.1) is 0 Å². The van der Waals surface area contributed by atoms with E-state index in [0.29, 0.717) is 18.5 Å². The van der Waals surface area contributed by atoms with Crippen LogP contribution in [0.3, 0.4) is 0 Å². The van der Waals surface area contributed by atoms with Gasteiger partial charge in [0, 0.05) is 16.9 Å². The van der Waals surface area contributed by atoms with E-state index in [1.165, 1.54) is 17.2 Å². The highest BCUT2D eigenvalue weighted by Gasteiger charge is 2.08. The fourth-order valence-corrected chi connectivity index (χ4v) is 2.05. The zero-order valence-electron chi connectivity index (χ0n) is 11.3. The molecule has 3 N–H and O–H groups in total. The summed E-state index contributed by atoms with van der Waals surface area (Å²) in [5.41, 5.74) is 10.4. The molecule has 2 nitrogen and oxygen atoms in total. The maximum absolute atomic E-state index is 13.8. The third-order valence-electron chi connectivity index (χ3n) is 3.30. The SMILES string of the molecule is Cc1ccc(Nc2cccc(F)c2CCN)cc1C. The van der Waals surface area contributed by atoms with E-state index in [1.807, 2.05) is 12.1 Å². The number of rotatable bonds is 4. The molecule has 19 heavy (non-hydrogen) atoms. The molecular formula is C16H19FN2. The number of anilines is 2. The molecule has 0 radical (unpaired) electrons. The van der Waals surface area contributed by atoms with Gasteiger partial charge in [0.15, 0.2) is 0 Å². The summed E-state index contributed by atoms with van der Waals surface area (Å²) in [6, 6.07) is 11.2.